The minimum atomic E-state index is -0.169. The number of nitrogens with zero attached hydrogens (tertiary/aromatic N) is 1. The van der Waals surface area contributed by atoms with E-state index in [-0.39, 0.29) is 5.82 Å². The van der Waals surface area contributed by atoms with E-state index in [2.05, 4.69) is 24.2 Å². The number of rotatable bonds is 10. The largest absolute Gasteiger partial charge is 0.382 e. The quantitative estimate of drug-likeness (QED) is 0.668. The SMILES string of the molecule is CCOCCCNCC(C)N(C)Cc1cccc(F)c1. The van der Waals surface area contributed by atoms with Gasteiger partial charge in [-0.05, 0) is 51.6 Å². The van der Waals surface area contributed by atoms with Crippen molar-refractivity contribution in [3.05, 3.63) is 35.6 Å². The molecule has 0 aliphatic rings. The van der Waals surface area contributed by atoms with E-state index in [9.17, 15) is 4.39 Å². The summed E-state index contributed by atoms with van der Waals surface area (Å²) in [7, 11) is 2.07. The Labute approximate surface area is 122 Å². The van der Waals surface area contributed by atoms with Crippen molar-refractivity contribution in [1.82, 2.24) is 10.2 Å². The molecule has 0 heterocycles. The van der Waals surface area contributed by atoms with Gasteiger partial charge in [0.05, 0.1) is 0 Å². The molecule has 0 aliphatic carbocycles. The minimum Gasteiger partial charge on any atom is -0.382 e. The van der Waals surface area contributed by atoms with Crippen molar-refractivity contribution >= 4 is 0 Å². The van der Waals surface area contributed by atoms with Gasteiger partial charge in [-0.1, -0.05) is 12.1 Å². The van der Waals surface area contributed by atoms with Gasteiger partial charge in [-0.3, -0.25) is 4.90 Å². The number of nitrogens with one attached hydrogen (secondary N) is 1. The molecule has 0 bridgehead atoms. The van der Waals surface area contributed by atoms with Crippen molar-refractivity contribution in [2.75, 3.05) is 33.4 Å². The van der Waals surface area contributed by atoms with E-state index in [0.717, 1.165) is 44.8 Å². The predicted molar refractivity (Wildman–Crippen MR) is 81.3 cm³/mol. The fraction of sp³-hybridized carbons (Fsp3) is 0.625. The molecule has 1 N–H and O–H groups in total. The van der Waals surface area contributed by atoms with Gasteiger partial charge < -0.3 is 10.1 Å². The molecule has 1 aromatic carbocycles. The summed E-state index contributed by atoms with van der Waals surface area (Å²) in [6, 6.07) is 7.20. The molecule has 1 unspecified atom stereocenters. The Hall–Kier alpha value is -0.970. The topological polar surface area (TPSA) is 24.5 Å². The maximum atomic E-state index is 13.1. The van der Waals surface area contributed by atoms with Gasteiger partial charge in [0.15, 0.2) is 0 Å². The van der Waals surface area contributed by atoms with E-state index >= 15 is 0 Å². The highest BCUT2D eigenvalue weighted by Gasteiger charge is 2.09. The van der Waals surface area contributed by atoms with Crippen LogP contribution in [0.5, 0.6) is 0 Å². The molecule has 0 saturated heterocycles. The molecule has 0 spiro atoms. The third-order valence-corrected chi connectivity index (χ3v) is 3.36. The maximum Gasteiger partial charge on any atom is 0.123 e. The van der Waals surface area contributed by atoms with E-state index in [1.807, 2.05) is 13.0 Å². The molecular formula is C16H27FN2O. The zero-order chi connectivity index (χ0) is 14.8. The highest BCUT2D eigenvalue weighted by molar-refractivity contribution is 5.16. The molecule has 1 rings (SSSR count). The van der Waals surface area contributed by atoms with Crippen molar-refractivity contribution < 1.29 is 9.13 Å². The molecule has 20 heavy (non-hydrogen) atoms. The van der Waals surface area contributed by atoms with Gasteiger partial charge >= 0.3 is 0 Å². The van der Waals surface area contributed by atoms with Crippen LogP contribution in [-0.4, -0.2) is 44.3 Å². The third kappa shape index (κ3) is 6.98. The fourth-order valence-electron chi connectivity index (χ4n) is 1.99. The highest BCUT2D eigenvalue weighted by Crippen LogP contribution is 2.08. The van der Waals surface area contributed by atoms with Crippen molar-refractivity contribution in [3.63, 3.8) is 0 Å². The molecular weight excluding hydrogens is 255 g/mol. The molecule has 0 amide bonds. The summed E-state index contributed by atoms with van der Waals surface area (Å²) in [5.41, 5.74) is 1.01. The number of likely N-dealkylation sites (N-methyl/N-ethyl adjacent to an activating group) is 1. The Kier molecular flexibility index (Phi) is 8.42. The van der Waals surface area contributed by atoms with Crippen LogP contribution in [0.1, 0.15) is 25.8 Å². The lowest BCUT2D eigenvalue weighted by Crippen LogP contribution is -2.38. The number of hydrogen-bond acceptors (Lipinski definition) is 3. The van der Waals surface area contributed by atoms with Gasteiger partial charge in [-0.25, -0.2) is 4.39 Å². The van der Waals surface area contributed by atoms with Crippen LogP contribution in [0.2, 0.25) is 0 Å². The summed E-state index contributed by atoms with van der Waals surface area (Å²) in [6.07, 6.45) is 1.04. The average Bonchev–Trinajstić information content (AvgIpc) is 2.42. The smallest absolute Gasteiger partial charge is 0.123 e. The molecule has 3 nitrogen and oxygen atoms in total. The van der Waals surface area contributed by atoms with E-state index < -0.39 is 0 Å². The summed E-state index contributed by atoms with van der Waals surface area (Å²) >= 11 is 0. The number of ether oxygens (including phenoxy) is 1. The normalized spacial score (nSPS) is 12.8. The van der Waals surface area contributed by atoms with E-state index in [4.69, 9.17) is 4.74 Å². The monoisotopic (exact) mass is 282 g/mol. The number of hydrogen-bond donors (Lipinski definition) is 1. The summed E-state index contributed by atoms with van der Waals surface area (Å²) < 4.78 is 18.4. The summed E-state index contributed by atoms with van der Waals surface area (Å²) in [4.78, 5) is 2.23. The second-order valence-electron chi connectivity index (χ2n) is 5.15. The summed E-state index contributed by atoms with van der Waals surface area (Å²) in [5.74, 6) is -0.169. The second-order valence-corrected chi connectivity index (χ2v) is 5.15. The lowest BCUT2D eigenvalue weighted by molar-refractivity contribution is 0.144. The molecule has 0 radical (unpaired) electrons. The Morgan fingerprint density at radius 1 is 1.40 bits per heavy atom. The maximum absolute atomic E-state index is 13.1. The van der Waals surface area contributed by atoms with Crippen LogP contribution >= 0.6 is 0 Å². The van der Waals surface area contributed by atoms with Crippen LogP contribution in [0.15, 0.2) is 24.3 Å². The molecule has 0 fully saturated rings. The van der Waals surface area contributed by atoms with Crippen molar-refractivity contribution in [2.24, 2.45) is 0 Å². The number of halogens is 1. The standard InChI is InChI=1S/C16H27FN2O/c1-4-20-10-6-9-18-12-14(2)19(3)13-15-7-5-8-16(17)11-15/h5,7-8,11,14,18H,4,6,9-10,12-13H2,1-3H3. The third-order valence-electron chi connectivity index (χ3n) is 3.36. The Balaban J connectivity index is 2.20. The van der Waals surface area contributed by atoms with E-state index in [1.165, 1.54) is 6.07 Å². The van der Waals surface area contributed by atoms with Gasteiger partial charge in [0.2, 0.25) is 0 Å². The van der Waals surface area contributed by atoms with Gasteiger partial charge in [0.25, 0.3) is 0 Å². The first-order chi connectivity index (χ1) is 9.63. The lowest BCUT2D eigenvalue weighted by atomic mass is 10.2. The zero-order valence-electron chi connectivity index (χ0n) is 12.9. The first-order valence-corrected chi connectivity index (χ1v) is 7.36. The van der Waals surface area contributed by atoms with Gasteiger partial charge in [0, 0.05) is 32.3 Å². The first-order valence-electron chi connectivity index (χ1n) is 7.36. The highest BCUT2D eigenvalue weighted by atomic mass is 19.1. The van der Waals surface area contributed by atoms with Crippen molar-refractivity contribution in [1.29, 1.82) is 0 Å². The number of benzene rings is 1. The Bertz CT molecular complexity index is 373. The first kappa shape index (κ1) is 17.1. The minimum absolute atomic E-state index is 0.169. The Morgan fingerprint density at radius 2 is 2.20 bits per heavy atom. The molecule has 1 aromatic rings. The second kappa shape index (κ2) is 9.86. The molecule has 114 valence electrons. The average molecular weight is 282 g/mol. The lowest BCUT2D eigenvalue weighted by Gasteiger charge is -2.25. The van der Waals surface area contributed by atoms with E-state index in [0.29, 0.717) is 6.04 Å². The van der Waals surface area contributed by atoms with Crippen molar-refractivity contribution in [3.8, 4) is 0 Å². The van der Waals surface area contributed by atoms with Crippen LogP contribution in [0.3, 0.4) is 0 Å². The van der Waals surface area contributed by atoms with Crippen LogP contribution in [-0.2, 0) is 11.3 Å². The van der Waals surface area contributed by atoms with Gasteiger partial charge in [0.1, 0.15) is 5.82 Å². The molecule has 0 saturated carbocycles. The van der Waals surface area contributed by atoms with Crippen LogP contribution in [0, 0.1) is 5.82 Å². The van der Waals surface area contributed by atoms with Crippen LogP contribution in [0.25, 0.3) is 0 Å². The van der Waals surface area contributed by atoms with E-state index in [1.54, 1.807) is 12.1 Å². The summed E-state index contributed by atoms with van der Waals surface area (Å²) in [5, 5.41) is 3.43. The van der Waals surface area contributed by atoms with Gasteiger partial charge in [-0.2, -0.15) is 0 Å². The van der Waals surface area contributed by atoms with Crippen LogP contribution < -0.4 is 5.32 Å². The molecule has 4 heteroatoms. The molecule has 1 atom stereocenters. The van der Waals surface area contributed by atoms with Crippen molar-refractivity contribution in [2.45, 2.75) is 32.9 Å². The zero-order valence-corrected chi connectivity index (χ0v) is 12.9. The summed E-state index contributed by atoms with van der Waals surface area (Å²) in [6.45, 7) is 8.45. The van der Waals surface area contributed by atoms with Crippen LogP contribution in [0.4, 0.5) is 4.39 Å². The molecule has 0 aliphatic heterocycles. The van der Waals surface area contributed by atoms with Gasteiger partial charge in [-0.15, -0.1) is 0 Å². The Morgan fingerprint density at radius 3 is 2.90 bits per heavy atom. The predicted octanol–water partition coefficient (Wildman–Crippen LogP) is 2.66. The molecule has 0 aromatic heterocycles. The fourth-order valence-corrected chi connectivity index (χ4v) is 1.99.